The van der Waals surface area contributed by atoms with Gasteiger partial charge in [-0.15, -0.1) is 0 Å². The number of ether oxygens (including phenoxy) is 2. The molecule has 5 nitrogen and oxygen atoms in total. The van der Waals surface area contributed by atoms with E-state index in [4.69, 9.17) is 9.47 Å². The van der Waals surface area contributed by atoms with Crippen molar-refractivity contribution in [2.45, 2.75) is 78.2 Å². The van der Waals surface area contributed by atoms with E-state index in [1.807, 2.05) is 6.07 Å². The van der Waals surface area contributed by atoms with Gasteiger partial charge in [0.25, 0.3) is 0 Å². The van der Waals surface area contributed by atoms with Crippen LogP contribution in [0.3, 0.4) is 0 Å². The molecule has 2 unspecified atom stereocenters. The van der Waals surface area contributed by atoms with E-state index in [-0.39, 0.29) is 24.7 Å². The second kappa shape index (κ2) is 15.2. The van der Waals surface area contributed by atoms with Crippen LogP contribution in [0.5, 0.6) is 0 Å². The fourth-order valence-corrected chi connectivity index (χ4v) is 3.96. The summed E-state index contributed by atoms with van der Waals surface area (Å²) in [5.41, 5.74) is 6.28. The molecule has 0 amide bonds. The lowest BCUT2D eigenvalue weighted by molar-refractivity contribution is -0.143. The molecule has 0 bridgehead atoms. The number of hydrogen-bond donors (Lipinski definition) is 1. The van der Waals surface area contributed by atoms with Crippen molar-refractivity contribution in [3.8, 4) is 0 Å². The maximum absolute atomic E-state index is 12.2. The second-order valence-corrected chi connectivity index (χ2v) is 9.83. The third-order valence-corrected chi connectivity index (χ3v) is 6.56. The van der Waals surface area contributed by atoms with E-state index < -0.39 is 18.0 Å². The van der Waals surface area contributed by atoms with Gasteiger partial charge < -0.3 is 14.6 Å². The van der Waals surface area contributed by atoms with E-state index in [9.17, 15) is 14.7 Å². The Morgan fingerprint density at radius 3 is 2.03 bits per heavy atom. The first-order valence-corrected chi connectivity index (χ1v) is 13.2. The second-order valence-electron chi connectivity index (χ2n) is 9.83. The highest BCUT2D eigenvalue weighted by Gasteiger charge is 2.20. The summed E-state index contributed by atoms with van der Waals surface area (Å²) in [6.07, 6.45) is 5.76. The average Bonchev–Trinajstić information content (AvgIpc) is 2.88. The Bertz CT molecular complexity index is 1070. The van der Waals surface area contributed by atoms with Gasteiger partial charge in [0, 0.05) is 5.57 Å². The molecule has 0 fully saturated rings. The van der Waals surface area contributed by atoms with Gasteiger partial charge in [-0.1, -0.05) is 75.4 Å². The molecule has 0 aromatic heterocycles. The number of aryl methyl sites for hydroxylation is 4. The lowest BCUT2D eigenvalue weighted by Crippen LogP contribution is -2.22. The molecule has 0 radical (unpaired) electrons. The highest BCUT2D eigenvalue weighted by atomic mass is 16.5. The molecular formula is C32H42O5. The molecule has 0 aliphatic heterocycles. The van der Waals surface area contributed by atoms with Crippen molar-refractivity contribution in [2.75, 3.05) is 13.2 Å². The summed E-state index contributed by atoms with van der Waals surface area (Å²) in [6.45, 7) is 14.6. The summed E-state index contributed by atoms with van der Waals surface area (Å²) in [7, 11) is 0. The van der Waals surface area contributed by atoms with E-state index in [2.05, 4.69) is 63.4 Å². The summed E-state index contributed by atoms with van der Waals surface area (Å²) in [5, 5.41) is 9.59. The minimum atomic E-state index is -0.994. The topological polar surface area (TPSA) is 72.8 Å². The fraction of sp³-hybridized carbons (Fsp3) is 0.438. The Hall–Kier alpha value is -3.18. The molecule has 0 saturated carbocycles. The van der Waals surface area contributed by atoms with Gasteiger partial charge in [-0.05, 0) is 74.3 Å². The number of benzene rings is 2. The smallest absolute Gasteiger partial charge is 0.336 e. The first-order chi connectivity index (χ1) is 17.6. The van der Waals surface area contributed by atoms with Gasteiger partial charge in [-0.25, -0.2) is 9.59 Å². The Labute approximate surface area is 222 Å². The third kappa shape index (κ3) is 10.0. The van der Waals surface area contributed by atoms with Crippen LogP contribution in [0, 0.1) is 6.92 Å². The van der Waals surface area contributed by atoms with Crippen molar-refractivity contribution in [1.29, 1.82) is 0 Å². The first-order valence-electron chi connectivity index (χ1n) is 13.2. The van der Waals surface area contributed by atoms with Crippen molar-refractivity contribution in [2.24, 2.45) is 0 Å². The molecule has 200 valence electrons. The van der Waals surface area contributed by atoms with Crippen LogP contribution >= 0.6 is 0 Å². The summed E-state index contributed by atoms with van der Waals surface area (Å²) < 4.78 is 10.8. The van der Waals surface area contributed by atoms with Crippen LogP contribution in [0.4, 0.5) is 0 Å². The van der Waals surface area contributed by atoms with Crippen LogP contribution in [0.1, 0.15) is 73.8 Å². The molecule has 2 aromatic carbocycles. The SMILES string of the molecule is C=C(C)C(=O)OCC(COC(=O)C(=C)C(C)O)c1ccc(CCc2ccc(CCCCC)cc2)c(C)c1. The number of carbonyl (C=O) groups is 2. The Kier molecular flexibility index (Phi) is 12.3. The molecule has 0 heterocycles. The summed E-state index contributed by atoms with van der Waals surface area (Å²) in [6, 6.07) is 15.1. The zero-order valence-electron chi connectivity index (χ0n) is 22.8. The van der Waals surface area contributed by atoms with Gasteiger partial charge in [0.2, 0.25) is 0 Å². The molecule has 0 saturated heterocycles. The molecule has 2 aromatic rings. The number of unbranched alkanes of at least 4 members (excludes halogenated alkanes) is 2. The minimum absolute atomic E-state index is 0.00254. The van der Waals surface area contributed by atoms with Gasteiger partial charge in [0.05, 0.1) is 17.6 Å². The summed E-state index contributed by atoms with van der Waals surface area (Å²) in [4.78, 5) is 24.2. The predicted molar refractivity (Wildman–Crippen MR) is 149 cm³/mol. The van der Waals surface area contributed by atoms with Crippen LogP contribution in [0.2, 0.25) is 0 Å². The van der Waals surface area contributed by atoms with Gasteiger partial charge in [0.1, 0.15) is 13.2 Å². The Morgan fingerprint density at radius 2 is 1.49 bits per heavy atom. The van der Waals surface area contributed by atoms with Gasteiger partial charge in [0.15, 0.2) is 0 Å². The van der Waals surface area contributed by atoms with E-state index in [1.54, 1.807) is 6.92 Å². The minimum Gasteiger partial charge on any atom is -0.462 e. The van der Waals surface area contributed by atoms with Crippen molar-refractivity contribution >= 4 is 11.9 Å². The molecule has 1 N–H and O–H groups in total. The van der Waals surface area contributed by atoms with Gasteiger partial charge in [-0.2, -0.15) is 0 Å². The van der Waals surface area contributed by atoms with E-state index in [0.29, 0.717) is 5.57 Å². The highest BCUT2D eigenvalue weighted by Crippen LogP contribution is 2.23. The van der Waals surface area contributed by atoms with Crippen LogP contribution in [-0.4, -0.2) is 36.4 Å². The largest absolute Gasteiger partial charge is 0.462 e. The van der Waals surface area contributed by atoms with Crippen LogP contribution in [-0.2, 0) is 38.3 Å². The molecule has 0 aliphatic carbocycles. The van der Waals surface area contributed by atoms with Crippen molar-refractivity contribution in [3.63, 3.8) is 0 Å². The van der Waals surface area contributed by atoms with E-state index in [0.717, 1.165) is 30.4 Å². The van der Waals surface area contributed by atoms with Crippen molar-refractivity contribution < 1.29 is 24.2 Å². The van der Waals surface area contributed by atoms with Crippen LogP contribution < -0.4 is 0 Å². The number of rotatable bonds is 15. The molecule has 37 heavy (non-hydrogen) atoms. The van der Waals surface area contributed by atoms with Crippen molar-refractivity contribution in [1.82, 2.24) is 0 Å². The predicted octanol–water partition coefficient (Wildman–Crippen LogP) is 6.20. The highest BCUT2D eigenvalue weighted by molar-refractivity contribution is 5.88. The molecule has 5 heteroatoms. The third-order valence-electron chi connectivity index (χ3n) is 6.56. The Morgan fingerprint density at radius 1 is 0.892 bits per heavy atom. The fourth-order valence-electron chi connectivity index (χ4n) is 3.96. The summed E-state index contributed by atoms with van der Waals surface area (Å²) in [5.74, 6) is -1.52. The monoisotopic (exact) mass is 506 g/mol. The van der Waals surface area contributed by atoms with Crippen molar-refractivity contribution in [3.05, 3.63) is 94.6 Å². The zero-order chi connectivity index (χ0) is 27.4. The molecule has 2 atom stereocenters. The maximum Gasteiger partial charge on any atom is 0.336 e. The lowest BCUT2D eigenvalue weighted by Gasteiger charge is -2.20. The first kappa shape index (κ1) is 30.0. The standard InChI is InChI=1S/C32H42O5/c1-7-8-9-10-26-11-13-27(14-12-26)15-16-28-17-18-29(19-23(28)4)30(20-36-31(34)22(2)3)21-37-32(35)24(5)25(6)33/h11-14,17-19,25,30,33H,2,5,7-10,15-16,20-21H2,1,3-4,6H3. The Balaban J connectivity index is 2.06. The maximum atomic E-state index is 12.2. The number of esters is 2. The van der Waals surface area contributed by atoms with Gasteiger partial charge >= 0.3 is 11.9 Å². The van der Waals surface area contributed by atoms with E-state index in [1.165, 1.54) is 42.9 Å². The number of aliphatic hydroxyl groups excluding tert-OH is 1. The van der Waals surface area contributed by atoms with Crippen LogP contribution in [0.25, 0.3) is 0 Å². The molecular weight excluding hydrogens is 464 g/mol. The van der Waals surface area contributed by atoms with Gasteiger partial charge in [-0.3, -0.25) is 0 Å². The normalized spacial score (nSPS) is 12.5. The number of carbonyl (C=O) groups excluding carboxylic acids is 2. The average molecular weight is 507 g/mol. The quantitative estimate of drug-likeness (QED) is 0.177. The van der Waals surface area contributed by atoms with Crippen LogP contribution in [0.15, 0.2) is 66.8 Å². The molecule has 2 rings (SSSR count). The number of aliphatic hydroxyl groups is 1. The number of hydrogen-bond acceptors (Lipinski definition) is 5. The molecule has 0 spiro atoms. The summed E-state index contributed by atoms with van der Waals surface area (Å²) >= 11 is 0. The van der Waals surface area contributed by atoms with E-state index >= 15 is 0 Å². The molecule has 0 aliphatic rings. The zero-order valence-corrected chi connectivity index (χ0v) is 22.8. The lowest BCUT2D eigenvalue weighted by atomic mass is 9.93.